The van der Waals surface area contributed by atoms with Crippen molar-refractivity contribution in [2.45, 2.75) is 52.4 Å². The molecule has 2 aliphatic rings. The van der Waals surface area contributed by atoms with Crippen molar-refractivity contribution >= 4 is 46.4 Å². The van der Waals surface area contributed by atoms with Gasteiger partial charge in [-0.15, -0.1) is 0 Å². The zero-order chi connectivity index (χ0) is 41.8. The minimum atomic E-state index is -0.344. The number of hydrogen-bond acceptors (Lipinski definition) is 4. The number of fused-ring (bicyclic) bond motifs is 8. The van der Waals surface area contributed by atoms with Crippen LogP contribution in [0.2, 0.25) is 0 Å². The third-order valence-corrected chi connectivity index (χ3v) is 11.4. The fourth-order valence-corrected chi connectivity index (χ4v) is 8.75. The number of hydrogen-bond donors (Lipinski definition) is 2. The molecule has 0 unspecified atom stereocenters. The fraction of sp³-hybridized carbons (Fsp3) is 0.185. The second-order valence-corrected chi connectivity index (χ2v) is 17.5. The van der Waals surface area contributed by atoms with E-state index in [1.807, 2.05) is 0 Å². The standard InChI is InChI=1S/C54H50N4O2/c1-53(2,3)37-32-36(50(54(4,5)6)52(60-8)51(37)59-7)49-44-30-28-42(57-44)47(34-20-14-10-15-21-34)40-26-24-38(55-40)46(33-18-12-9-13-19-33)39-25-27-41(56-39)48(35-22-16-11-17-23-35)43-29-31-45(49)58-43/h9-32,55,58H,1-8H3. The summed E-state index contributed by atoms with van der Waals surface area (Å²) in [7, 11) is 3.48. The van der Waals surface area contributed by atoms with E-state index in [0.717, 1.165) is 112 Å². The predicted molar refractivity (Wildman–Crippen MR) is 251 cm³/mol. The van der Waals surface area contributed by atoms with Gasteiger partial charge in [-0.1, -0.05) is 133 Å². The van der Waals surface area contributed by atoms with Gasteiger partial charge in [0.25, 0.3) is 0 Å². The molecule has 298 valence electrons. The molecule has 0 atom stereocenters. The summed E-state index contributed by atoms with van der Waals surface area (Å²) in [5.41, 5.74) is 17.0. The summed E-state index contributed by atoms with van der Waals surface area (Å²) in [6.07, 6.45) is 8.59. The van der Waals surface area contributed by atoms with Crippen LogP contribution in [0.1, 0.15) is 75.4 Å². The van der Waals surface area contributed by atoms with Crippen LogP contribution in [-0.2, 0) is 10.8 Å². The Labute approximate surface area is 352 Å². The van der Waals surface area contributed by atoms with Gasteiger partial charge in [0.05, 0.1) is 37.0 Å². The molecule has 6 heteroatoms. The van der Waals surface area contributed by atoms with E-state index in [1.165, 1.54) is 0 Å². The van der Waals surface area contributed by atoms with Gasteiger partial charge in [0, 0.05) is 55.4 Å². The summed E-state index contributed by atoms with van der Waals surface area (Å²) in [5, 5.41) is 0. The molecule has 2 N–H and O–H groups in total. The van der Waals surface area contributed by atoms with Gasteiger partial charge in [0.2, 0.25) is 0 Å². The van der Waals surface area contributed by atoms with Gasteiger partial charge in [-0.05, 0) is 87.7 Å². The number of methoxy groups -OCH3 is 2. The fourth-order valence-electron chi connectivity index (χ4n) is 8.75. The molecule has 0 spiro atoms. The van der Waals surface area contributed by atoms with Crippen molar-refractivity contribution in [3.8, 4) is 56.0 Å². The van der Waals surface area contributed by atoms with Crippen LogP contribution < -0.4 is 9.47 Å². The molecule has 0 fully saturated rings. The lowest BCUT2D eigenvalue weighted by Gasteiger charge is -2.32. The number of aromatic amines is 2. The normalized spacial score (nSPS) is 12.5. The Morgan fingerprint density at radius 3 is 1.10 bits per heavy atom. The Hall–Kier alpha value is -6.92. The molecule has 0 saturated heterocycles. The maximum atomic E-state index is 6.36. The van der Waals surface area contributed by atoms with E-state index in [1.54, 1.807) is 14.2 Å². The lowest BCUT2D eigenvalue weighted by Crippen LogP contribution is -2.20. The largest absolute Gasteiger partial charge is 0.493 e. The third kappa shape index (κ3) is 6.82. The number of nitrogens with zero attached hydrogens (tertiary/aromatic N) is 2. The number of nitrogens with one attached hydrogen (secondary N) is 2. The van der Waals surface area contributed by atoms with E-state index in [9.17, 15) is 0 Å². The maximum Gasteiger partial charge on any atom is 0.165 e. The quantitative estimate of drug-likeness (QED) is 0.176. The molecule has 4 aromatic carbocycles. The first-order valence-electron chi connectivity index (χ1n) is 20.6. The van der Waals surface area contributed by atoms with E-state index in [-0.39, 0.29) is 10.8 Å². The average molecular weight is 787 g/mol. The second-order valence-electron chi connectivity index (χ2n) is 17.5. The molecule has 6 nitrogen and oxygen atoms in total. The highest BCUT2D eigenvalue weighted by Crippen LogP contribution is 2.51. The summed E-state index contributed by atoms with van der Waals surface area (Å²) in [6.45, 7) is 13.3. The molecule has 8 bridgehead atoms. The summed E-state index contributed by atoms with van der Waals surface area (Å²) in [5.74, 6) is 1.49. The smallest absolute Gasteiger partial charge is 0.165 e. The van der Waals surface area contributed by atoms with Crippen molar-refractivity contribution in [3.63, 3.8) is 0 Å². The zero-order valence-electron chi connectivity index (χ0n) is 35.6. The Kier molecular flexibility index (Phi) is 9.67. The minimum absolute atomic E-state index is 0.265. The molecule has 0 saturated carbocycles. The number of ether oxygens (including phenoxy) is 2. The highest BCUT2D eigenvalue weighted by Gasteiger charge is 2.33. The minimum Gasteiger partial charge on any atom is -0.493 e. The van der Waals surface area contributed by atoms with Crippen LogP contribution in [0.4, 0.5) is 0 Å². The van der Waals surface area contributed by atoms with Crippen LogP contribution in [0.15, 0.2) is 121 Å². The Morgan fingerprint density at radius 1 is 0.417 bits per heavy atom. The lowest BCUT2D eigenvalue weighted by molar-refractivity contribution is 0.336. The van der Waals surface area contributed by atoms with Gasteiger partial charge in [-0.25, -0.2) is 9.97 Å². The summed E-state index contributed by atoms with van der Waals surface area (Å²) >= 11 is 0. The average Bonchev–Trinajstić information content (AvgIpc) is 4.09. The van der Waals surface area contributed by atoms with Crippen LogP contribution in [0, 0.1) is 0 Å². The van der Waals surface area contributed by atoms with Crippen LogP contribution in [0.5, 0.6) is 11.5 Å². The Bertz CT molecular complexity index is 2960. The monoisotopic (exact) mass is 786 g/mol. The SMILES string of the molecule is COc1c(C(C)(C)C)cc(-c2c3nc(c(-c4ccccc4)c4ccc([nH]4)c(-c4ccccc4)c4nc(c(-c5ccccc5)c5ccc2[nH]5)C=C4)C=C3)c(C(C)(C)C)c1OC. The van der Waals surface area contributed by atoms with Crippen LogP contribution >= 0.6 is 0 Å². The summed E-state index contributed by atoms with van der Waals surface area (Å²) in [6, 6.07) is 42.5. The van der Waals surface area contributed by atoms with Crippen molar-refractivity contribution in [2.75, 3.05) is 14.2 Å². The molecule has 0 radical (unpaired) electrons. The van der Waals surface area contributed by atoms with Gasteiger partial charge in [0.1, 0.15) is 0 Å². The first-order chi connectivity index (χ1) is 28.9. The third-order valence-electron chi connectivity index (χ3n) is 11.4. The van der Waals surface area contributed by atoms with Gasteiger partial charge < -0.3 is 19.4 Å². The molecular weight excluding hydrogens is 737 g/mol. The van der Waals surface area contributed by atoms with E-state index in [4.69, 9.17) is 19.4 Å². The van der Waals surface area contributed by atoms with E-state index in [2.05, 4.69) is 197 Å². The molecule has 2 aliphatic heterocycles. The zero-order valence-corrected chi connectivity index (χ0v) is 35.6. The Balaban J connectivity index is 1.52. The predicted octanol–water partition coefficient (Wildman–Crippen LogP) is 13.9. The van der Waals surface area contributed by atoms with E-state index >= 15 is 0 Å². The van der Waals surface area contributed by atoms with E-state index < -0.39 is 0 Å². The van der Waals surface area contributed by atoms with Gasteiger partial charge in [-0.3, -0.25) is 0 Å². The van der Waals surface area contributed by atoms with Crippen molar-refractivity contribution in [3.05, 3.63) is 155 Å². The molecule has 5 heterocycles. The molecule has 7 aromatic rings. The maximum absolute atomic E-state index is 6.36. The number of rotatable bonds is 6. The highest BCUT2D eigenvalue weighted by atomic mass is 16.5. The van der Waals surface area contributed by atoms with Gasteiger partial charge >= 0.3 is 0 Å². The van der Waals surface area contributed by atoms with Crippen molar-refractivity contribution in [1.82, 2.24) is 19.9 Å². The van der Waals surface area contributed by atoms with Crippen LogP contribution in [0.3, 0.4) is 0 Å². The summed E-state index contributed by atoms with van der Waals surface area (Å²) < 4.78 is 12.6. The van der Waals surface area contributed by atoms with Crippen LogP contribution in [-0.4, -0.2) is 34.2 Å². The lowest BCUT2D eigenvalue weighted by atomic mass is 9.76. The molecular formula is C54H50N4O2. The molecule has 3 aromatic heterocycles. The number of aromatic nitrogens is 4. The van der Waals surface area contributed by atoms with E-state index in [0.29, 0.717) is 0 Å². The number of benzene rings is 4. The van der Waals surface area contributed by atoms with Crippen LogP contribution in [0.25, 0.3) is 90.9 Å². The van der Waals surface area contributed by atoms with Gasteiger partial charge in [0.15, 0.2) is 11.5 Å². The number of H-pyrrole nitrogens is 2. The molecule has 0 aliphatic carbocycles. The van der Waals surface area contributed by atoms with Crippen molar-refractivity contribution in [2.24, 2.45) is 0 Å². The van der Waals surface area contributed by atoms with Crippen molar-refractivity contribution < 1.29 is 9.47 Å². The topological polar surface area (TPSA) is 75.8 Å². The summed E-state index contributed by atoms with van der Waals surface area (Å²) in [4.78, 5) is 18.8. The Morgan fingerprint density at radius 2 is 0.767 bits per heavy atom. The molecule has 9 rings (SSSR count). The highest BCUT2D eigenvalue weighted by molar-refractivity contribution is 6.00. The molecule has 0 amide bonds. The van der Waals surface area contributed by atoms with Crippen molar-refractivity contribution in [1.29, 1.82) is 0 Å². The first-order valence-corrected chi connectivity index (χ1v) is 20.6. The first kappa shape index (κ1) is 38.6. The molecule has 60 heavy (non-hydrogen) atoms. The van der Waals surface area contributed by atoms with Gasteiger partial charge in [-0.2, -0.15) is 0 Å². The second kappa shape index (κ2) is 15.0.